The number of morpholine rings is 1. The molecular weight excluding hydrogens is 435 g/mol. The lowest BCUT2D eigenvalue weighted by atomic mass is 9.83. The number of alkyl halides is 3. The standard InChI is InChI=1S/C20H24F3N3O4S/c1-29-17(27)14-4-9-31-19(14)11-26(12-19)18(28)24-15-10-13(20(21,22)23)2-3-16(15)25-5-7-30-8-6-25/h2-3,10,14H,4-9,11-12H2,1H3,(H,24,28). The Morgan fingerprint density at radius 2 is 1.97 bits per heavy atom. The van der Waals surface area contributed by atoms with Gasteiger partial charge < -0.3 is 24.6 Å². The van der Waals surface area contributed by atoms with Gasteiger partial charge in [0, 0.05) is 26.2 Å². The van der Waals surface area contributed by atoms with Gasteiger partial charge in [-0.1, -0.05) is 0 Å². The Morgan fingerprint density at radius 3 is 2.61 bits per heavy atom. The molecule has 11 heteroatoms. The number of amides is 2. The molecule has 3 heterocycles. The number of rotatable bonds is 3. The van der Waals surface area contributed by atoms with E-state index in [4.69, 9.17) is 9.47 Å². The molecule has 1 aromatic rings. The normalized spacial score (nSPS) is 22.9. The quantitative estimate of drug-likeness (QED) is 0.701. The van der Waals surface area contributed by atoms with E-state index in [1.165, 1.54) is 18.1 Å². The molecule has 1 spiro atoms. The zero-order valence-electron chi connectivity index (χ0n) is 17.0. The summed E-state index contributed by atoms with van der Waals surface area (Å²) in [7, 11) is 1.35. The van der Waals surface area contributed by atoms with Crippen LogP contribution in [0.4, 0.5) is 29.3 Å². The van der Waals surface area contributed by atoms with Gasteiger partial charge in [-0.3, -0.25) is 4.79 Å². The summed E-state index contributed by atoms with van der Waals surface area (Å²) in [6.07, 6.45) is -3.82. The minimum atomic E-state index is -4.52. The lowest BCUT2D eigenvalue weighted by Gasteiger charge is -2.49. The second-order valence-corrected chi connectivity index (χ2v) is 9.40. The van der Waals surface area contributed by atoms with E-state index >= 15 is 0 Å². The van der Waals surface area contributed by atoms with E-state index in [0.717, 1.165) is 17.9 Å². The Hall–Kier alpha value is -2.14. The minimum Gasteiger partial charge on any atom is -0.469 e. The Bertz CT molecular complexity index is 855. The maximum Gasteiger partial charge on any atom is 0.416 e. The van der Waals surface area contributed by atoms with Gasteiger partial charge in [0.15, 0.2) is 0 Å². The number of thioether (sulfide) groups is 1. The van der Waals surface area contributed by atoms with E-state index in [9.17, 15) is 22.8 Å². The first-order valence-corrected chi connectivity index (χ1v) is 11.0. The maximum atomic E-state index is 13.3. The number of nitrogens with zero attached hydrogens (tertiary/aromatic N) is 2. The monoisotopic (exact) mass is 459 g/mol. The number of benzene rings is 1. The van der Waals surface area contributed by atoms with Crippen LogP contribution in [0.1, 0.15) is 12.0 Å². The molecule has 0 bridgehead atoms. The van der Waals surface area contributed by atoms with E-state index in [1.807, 2.05) is 4.90 Å². The number of esters is 1. The topological polar surface area (TPSA) is 71.1 Å². The zero-order valence-corrected chi connectivity index (χ0v) is 17.9. The van der Waals surface area contributed by atoms with E-state index < -0.39 is 17.8 Å². The molecule has 1 atom stereocenters. The summed E-state index contributed by atoms with van der Waals surface area (Å²) in [6.45, 7) is 2.70. The first-order chi connectivity index (χ1) is 14.7. The summed E-state index contributed by atoms with van der Waals surface area (Å²) in [6, 6.07) is 2.91. The van der Waals surface area contributed by atoms with Crippen molar-refractivity contribution in [1.82, 2.24) is 4.90 Å². The highest BCUT2D eigenvalue weighted by molar-refractivity contribution is 8.01. The highest BCUT2D eigenvalue weighted by atomic mass is 32.2. The van der Waals surface area contributed by atoms with Gasteiger partial charge in [-0.15, -0.1) is 0 Å². The van der Waals surface area contributed by atoms with Crippen LogP contribution in [-0.2, 0) is 20.4 Å². The Morgan fingerprint density at radius 1 is 1.26 bits per heavy atom. The predicted molar refractivity (Wildman–Crippen MR) is 110 cm³/mol. The molecule has 170 valence electrons. The van der Waals surface area contributed by atoms with Crippen molar-refractivity contribution < 1.29 is 32.2 Å². The molecule has 0 radical (unpaired) electrons. The molecule has 31 heavy (non-hydrogen) atoms. The van der Waals surface area contributed by atoms with Crippen molar-refractivity contribution in [3.8, 4) is 0 Å². The van der Waals surface area contributed by atoms with Crippen LogP contribution in [0.3, 0.4) is 0 Å². The molecule has 1 unspecified atom stereocenters. The molecule has 3 aliphatic heterocycles. The molecule has 1 aromatic carbocycles. The fraction of sp³-hybridized carbons (Fsp3) is 0.600. The molecular formula is C20H24F3N3O4S. The third kappa shape index (κ3) is 4.30. The third-order valence-corrected chi connectivity index (χ3v) is 7.60. The second kappa shape index (κ2) is 8.42. The molecule has 3 fully saturated rings. The fourth-order valence-corrected chi connectivity index (χ4v) is 6.03. The van der Waals surface area contributed by atoms with Crippen molar-refractivity contribution in [2.45, 2.75) is 17.3 Å². The number of carbonyl (C=O) groups excluding carboxylic acids is 2. The summed E-state index contributed by atoms with van der Waals surface area (Å²) in [4.78, 5) is 28.3. The van der Waals surface area contributed by atoms with Crippen molar-refractivity contribution in [2.24, 2.45) is 5.92 Å². The van der Waals surface area contributed by atoms with E-state index in [2.05, 4.69) is 5.32 Å². The summed E-state index contributed by atoms with van der Waals surface area (Å²) < 4.78 is 49.6. The molecule has 3 saturated heterocycles. The van der Waals surface area contributed by atoms with Gasteiger partial charge in [-0.05, 0) is 30.4 Å². The highest BCUT2D eigenvalue weighted by Crippen LogP contribution is 2.49. The molecule has 0 aromatic heterocycles. The second-order valence-electron chi connectivity index (χ2n) is 7.89. The molecule has 2 amide bonds. The summed E-state index contributed by atoms with van der Waals surface area (Å²) in [5, 5.41) is 2.67. The molecule has 7 nitrogen and oxygen atoms in total. The van der Waals surface area contributed by atoms with E-state index in [1.54, 1.807) is 11.8 Å². The highest BCUT2D eigenvalue weighted by Gasteiger charge is 2.57. The molecule has 0 aliphatic carbocycles. The number of methoxy groups -OCH3 is 1. The lowest BCUT2D eigenvalue weighted by molar-refractivity contribution is -0.147. The van der Waals surface area contributed by atoms with Gasteiger partial charge in [0.05, 0.1) is 47.9 Å². The number of hydrogen-bond acceptors (Lipinski definition) is 6. The first kappa shape index (κ1) is 22.1. The number of hydrogen-bond donors (Lipinski definition) is 1. The van der Waals surface area contributed by atoms with Crippen molar-refractivity contribution in [1.29, 1.82) is 0 Å². The number of urea groups is 1. The maximum absolute atomic E-state index is 13.3. The number of ether oxygens (including phenoxy) is 2. The van der Waals surface area contributed by atoms with Crippen LogP contribution in [0, 0.1) is 5.92 Å². The van der Waals surface area contributed by atoms with Gasteiger partial charge in [0.1, 0.15) is 0 Å². The van der Waals surface area contributed by atoms with Gasteiger partial charge >= 0.3 is 18.2 Å². The van der Waals surface area contributed by atoms with Crippen LogP contribution >= 0.6 is 11.8 Å². The lowest BCUT2D eigenvalue weighted by Crippen LogP contribution is -2.65. The average molecular weight is 459 g/mol. The largest absolute Gasteiger partial charge is 0.469 e. The molecule has 1 N–H and O–H groups in total. The van der Waals surface area contributed by atoms with Crippen LogP contribution in [-0.4, -0.2) is 73.9 Å². The van der Waals surface area contributed by atoms with Crippen molar-refractivity contribution in [3.05, 3.63) is 23.8 Å². The molecule has 4 rings (SSSR count). The Labute approximate surface area is 182 Å². The van der Waals surface area contributed by atoms with Crippen LogP contribution in [0.15, 0.2) is 18.2 Å². The smallest absolute Gasteiger partial charge is 0.416 e. The Kier molecular flexibility index (Phi) is 5.99. The van der Waals surface area contributed by atoms with Gasteiger partial charge in [-0.2, -0.15) is 24.9 Å². The van der Waals surface area contributed by atoms with Gasteiger partial charge in [0.25, 0.3) is 0 Å². The van der Waals surface area contributed by atoms with Crippen LogP contribution in [0.25, 0.3) is 0 Å². The number of anilines is 2. The average Bonchev–Trinajstić information content (AvgIpc) is 3.17. The summed E-state index contributed by atoms with van der Waals surface area (Å²) in [5.74, 6) is 0.255. The van der Waals surface area contributed by atoms with Crippen LogP contribution in [0.5, 0.6) is 0 Å². The van der Waals surface area contributed by atoms with E-state index in [-0.39, 0.29) is 22.3 Å². The van der Waals surface area contributed by atoms with Crippen molar-refractivity contribution >= 4 is 35.1 Å². The fourth-order valence-electron chi connectivity index (χ4n) is 4.36. The minimum absolute atomic E-state index is 0.117. The SMILES string of the molecule is COC(=O)C1CCSC12CN(C(=O)Nc1cc(C(F)(F)F)ccc1N1CCOCC1)C2. The molecule has 3 aliphatic rings. The van der Waals surface area contributed by atoms with Crippen molar-refractivity contribution in [3.63, 3.8) is 0 Å². The third-order valence-electron chi connectivity index (χ3n) is 6.04. The van der Waals surface area contributed by atoms with Crippen LogP contribution in [0.2, 0.25) is 0 Å². The number of likely N-dealkylation sites (tertiary alicyclic amines) is 1. The van der Waals surface area contributed by atoms with Gasteiger partial charge in [-0.25, -0.2) is 4.79 Å². The first-order valence-electron chi connectivity index (χ1n) is 10.1. The Balaban J connectivity index is 1.50. The number of halogens is 3. The number of carbonyl (C=O) groups is 2. The van der Waals surface area contributed by atoms with Gasteiger partial charge in [0.2, 0.25) is 0 Å². The molecule has 0 saturated carbocycles. The number of nitrogens with one attached hydrogen (secondary N) is 1. The van der Waals surface area contributed by atoms with Crippen molar-refractivity contribution in [2.75, 3.05) is 62.5 Å². The van der Waals surface area contributed by atoms with E-state index in [0.29, 0.717) is 51.5 Å². The zero-order chi connectivity index (χ0) is 22.2. The summed E-state index contributed by atoms with van der Waals surface area (Å²) >= 11 is 1.65. The van der Waals surface area contributed by atoms with Crippen LogP contribution < -0.4 is 10.2 Å². The summed E-state index contributed by atoms with van der Waals surface area (Å²) in [5.41, 5.74) is -0.175. The predicted octanol–water partition coefficient (Wildman–Crippen LogP) is 3.05.